The number of carbonyl (C=O) groups excluding carboxylic acids is 1. The zero-order valence-corrected chi connectivity index (χ0v) is 11.6. The van der Waals surface area contributed by atoms with Crippen molar-refractivity contribution in [2.45, 2.75) is 0 Å². The molecule has 6 nitrogen and oxygen atoms in total. The Morgan fingerprint density at radius 2 is 1.91 bits per heavy atom. The lowest BCUT2D eigenvalue weighted by Crippen LogP contribution is -2.32. The van der Waals surface area contributed by atoms with Crippen LogP contribution in [-0.4, -0.2) is 28.0 Å². The Kier molecular flexibility index (Phi) is 2.86. The summed E-state index contributed by atoms with van der Waals surface area (Å²) in [4.78, 5) is 15.4. The monoisotopic (exact) mass is 292 g/mol. The van der Waals surface area contributed by atoms with Gasteiger partial charge in [0.15, 0.2) is 6.61 Å². The molecule has 1 aliphatic heterocycles. The van der Waals surface area contributed by atoms with Crippen LogP contribution in [0.2, 0.25) is 0 Å². The van der Waals surface area contributed by atoms with Gasteiger partial charge in [-0.15, -0.1) is 5.10 Å². The number of hydrogen-bond donors (Lipinski definition) is 1. The van der Waals surface area contributed by atoms with Crippen molar-refractivity contribution < 1.29 is 9.53 Å². The summed E-state index contributed by atoms with van der Waals surface area (Å²) in [6, 6.07) is 15.7. The largest absolute Gasteiger partial charge is 0.466 e. The topological polar surface area (TPSA) is 68.5 Å². The van der Waals surface area contributed by atoms with Gasteiger partial charge in [-0.25, -0.2) is 10.4 Å². The number of carbonyl (C=O) groups is 1. The minimum absolute atomic E-state index is 0.00720. The van der Waals surface area contributed by atoms with Crippen LogP contribution in [0.4, 0.5) is 0 Å². The van der Waals surface area contributed by atoms with Crippen LogP contribution < -0.4 is 5.43 Å². The molecule has 6 heteroatoms. The zero-order valence-electron chi connectivity index (χ0n) is 11.6. The van der Waals surface area contributed by atoms with Crippen LogP contribution in [0.5, 0.6) is 0 Å². The van der Waals surface area contributed by atoms with Crippen LogP contribution in [0, 0.1) is 0 Å². The third-order valence-corrected chi connectivity index (χ3v) is 3.47. The van der Waals surface area contributed by atoms with Crippen molar-refractivity contribution in [3.05, 3.63) is 60.4 Å². The first-order chi connectivity index (χ1) is 10.8. The maximum atomic E-state index is 11.0. The molecule has 1 N–H and O–H groups in total. The van der Waals surface area contributed by atoms with E-state index in [1.54, 1.807) is 6.33 Å². The number of rotatable bonds is 2. The number of benzene rings is 2. The number of ether oxygens (including phenoxy) is 1. The van der Waals surface area contributed by atoms with E-state index >= 15 is 0 Å². The van der Waals surface area contributed by atoms with E-state index in [-0.39, 0.29) is 12.5 Å². The van der Waals surface area contributed by atoms with E-state index in [4.69, 9.17) is 4.74 Å². The van der Waals surface area contributed by atoms with Gasteiger partial charge in [0.25, 0.3) is 5.91 Å². The highest BCUT2D eigenvalue weighted by Crippen LogP contribution is 2.18. The molecule has 1 aromatic heterocycles. The molecule has 0 fully saturated rings. The highest BCUT2D eigenvalue weighted by molar-refractivity contribution is 5.98. The number of para-hydroxylation sites is 2. The Hall–Kier alpha value is -3.15. The first kappa shape index (κ1) is 12.6. The molecule has 0 unspecified atom stereocenters. The van der Waals surface area contributed by atoms with Crippen molar-refractivity contribution in [1.29, 1.82) is 0 Å². The lowest BCUT2D eigenvalue weighted by molar-refractivity contribution is -0.124. The first-order valence-corrected chi connectivity index (χ1v) is 6.83. The van der Waals surface area contributed by atoms with Crippen LogP contribution in [-0.2, 0) is 9.53 Å². The van der Waals surface area contributed by atoms with Gasteiger partial charge in [-0.3, -0.25) is 9.36 Å². The molecule has 3 aromatic rings. The van der Waals surface area contributed by atoms with Gasteiger partial charge >= 0.3 is 0 Å². The number of fused-ring (bicyclic) bond motifs is 1. The lowest BCUT2D eigenvalue weighted by atomic mass is 10.2. The summed E-state index contributed by atoms with van der Waals surface area (Å²) in [5, 5.41) is 3.90. The Bertz CT molecular complexity index is 881. The summed E-state index contributed by atoms with van der Waals surface area (Å²) in [6.07, 6.45) is 1.80. The molecule has 108 valence electrons. The van der Waals surface area contributed by atoms with Crippen molar-refractivity contribution in [3.8, 4) is 5.69 Å². The summed E-state index contributed by atoms with van der Waals surface area (Å²) in [5.74, 6) is 0.173. The number of imidazole rings is 1. The number of hydrogen-bond acceptors (Lipinski definition) is 4. The number of aromatic nitrogens is 2. The molecule has 1 aliphatic rings. The first-order valence-electron chi connectivity index (χ1n) is 6.83. The standard InChI is InChI=1S/C16H12N4O2/c21-15-9-22-16(19-18-15)11-5-7-12(8-6-11)20-10-17-13-3-1-2-4-14(13)20/h1-8,10H,9H2,(H,18,21). The van der Waals surface area contributed by atoms with Crippen molar-refractivity contribution in [2.75, 3.05) is 6.61 Å². The maximum absolute atomic E-state index is 11.0. The van der Waals surface area contributed by atoms with E-state index in [0.717, 1.165) is 22.3 Å². The highest BCUT2D eigenvalue weighted by atomic mass is 16.5. The molecule has 0 radical (unpaired) electrons. The molecular formula is C16H12N4O2. The SMILES string of the molecule is O=C1COC(c2ccc(-n3cnc4ccccc43)cc2)=NN1. The second-order valence-electron chi connectivity index (χ2n) is 4.89. The third-order valence-electron chi connectivity index (χ3n) is 3.47. The predicted molar refractivity (Wildman–Crippen MR) is 81.7 cm³/mol. The lowest BCUT2D eigenvalue weighted by Gasteiger charge is -2.14. The van der Waals surface area contributed by atoms with Crippen LogP contribution in [0.25, 0.3) is 16.7 Å². The average Bonchev–Trinajstić information content (AvgIpc) is 3.00. The van der Waals surface area contributed by atoms with Gasteiger partial charge in [0.2, 0.25) is 5.90 Å². The molecule has 22 heavy (non-hydrogen) atoms. The Morgan fingerprint density at radius 3 is 2.68 bits per heavy atom. The van der Waals surface area contributed by atoms with Gasteiger partial charge in [0, 0.05) is 11.3 Å². The van der Waals surface area contributed by atoms with Crippen LogP contribution in [0.15, 0.2) is 60.0 Å². The van der Waals surface area contributed by atoms with Gasteiger partial charge in [-0.1, -0.05) is 12.1 Å². The minimum atomic E-state index is -0.245. The quantitative estimate of drug-likeness (QED) is 0.783. The number of amides is 1. The van der Waals surface area contributed by atoms with Gasteiger partial charge in [-0.2, -0.15) is 0 Å². The molecule has 4 rings (SSSR count). The van der Waals surface area contributed by atoms with Crippen LogP contribution in [0.1, 0.15) is 5.56 Å². The fourth-order valence-electron chi connectivity index (χ4n) is 2.39. The highest BCUT2D eigenvalue weighted by Gasteiger charge is 2.14. The number of hydrazone groups is 1. The van der Waals surface area contributed by atoms with E-state index in [1.807, 2.05) is 53.1 Å². The van der Waals surface area contributed by atoms with Gasteiger partial charge < -0.3 is 4.74 Å². The molecule has 2 aromatic carbocycles. The number of nitrogens with zero attached hydrogens (tertiary/aromatic N) is 3. The van der Waals surface area contributed by atoms with Crippen molar-refractivity contribution in [3.63, 3.8) is 0 Å². The van der Waals surface area contributed by atoms with Crippen molar-refractivity contribution in [2.24, 2.45) is 5.10 Å². The minimum Gasteiger partial charge on any atom is -0.466 e. The van der Waals surface area contributed by atoms with E-state index in [1.165, 1.54) is 0 Å². The van der Waals surface area contributed by atoms with E-state index in [9.17, 15) is 4.79 Å². The summed E-state index contributed by atoms with van der Waals surface area (Å²) < 4.78 is 7.31. The summed E-state index contributed by atoms with van der Waals surface area (Å²) >= 11 is 0. The molecule has 0 bridgehead atoms. The fraction of sp³-hybridized carbons (Fsp3) is 0.0625. The van der Waals surface area contributed by atoms with Crippen LogP contribution in [0.3, 0.4) is 0 Å². The second kappa shape index (κ2) is 5.00. The molecule has 1 amide bonds. The predicted octanol–water partition coefficient (Wildman–Crippen LogP) is 1.83. The maximum Gasteiger partial charge on any atom is 0.278 e. The molecule has 0 atom stereocenters. The van der Waals surface area contributed by atoms with E-state index in [2.05, 4.69) is 15.5 Å². The second-order valence-corrected chi connectivity index (χ2v) is 4.89. The van der Waals surface area contributed by atoms with Gasteiger partial charge in [0.05, 0.1) is 11.0 Å². The van der Waals surface area contributed by atoms with Crippen LogP contribution >= 0.6 is 0 Å². The normalized spacial score (nSPS) is 14.4. The molecule has 0 saturated carbocycles. The molecule has 0 spiro atoms. The van der Waals surface area contributed by atoms with E-state index in [0.29, 0.717) is 5.90 Å². The summed E-state index contributed by atoms with van der Waals surface area (Å²) in [5.41, 5.74) is 6.22. The summed E-state index contributed by atoms with van der Waals surface area (Å²) in [7, 11) is 0. The molecular weight excluding hydrogens is 280 g/mol. The Balaban J connectivity index is 1.69. The van der Waals surface area contributed by atoms with Crippen molar-refractivity contribution in [1.82, 2.24) is 15.0 Å². The van der Waals surface area contributed by atoms with Crippen molar-refractivity contribution >= 4 is 22.8 Å². The zero-order chi connectivity index (χ0) is 14.9. The number of nitrogens with one attached hydrogen (secondary N) is 1. The van der Waals surface area contributed by atoms with Gasteiger partial charge in [0.1, 0.15) is 6.33 Å². The Morgan fingerprint density at radius 1 is 1.09 bits per heavy atom. The smallest absolute Gasteiger partial charge is 0.278 e. The third kappa shape index (κ3) is 2.10. The molecule has 0 saturated heterocycles. The fourth-order valence-corrected chi connectivity index (χ4v) is 2.39. The van der Waals surface area contributed by atoms with E-state index < -0.39 is 0 Å². The molecule has 2 heterocycles. The van der Waals surface area contributed by atoms with Gasteiger partial charge in [-0.05, 0) is 36.4 Å². The Labute approximate surface area is 126 Å². The molecule has 0 aliphatic carbocycles. The average molecular weight is 292 g/mol. The summed E-state index contributed by atoms with van der Waals surface area (Å²) in [6.45, 7) is -0.00720.